The molecule has 17 heavy (non-hydrogen) atoms. The predicted octanol–water partition coefficient (Wildman–Crippen LogP) is 1.75. The van der Waals surface area contributed by atoms with E-state index in [0.717, 1.165) is 31.7 Å². The molecular weight excluding hydrogens is 256 g/mol. The molecule has 0 radical (unpaired) electrons. The predicted molar refractivity (Wildman–Crippen MR) is 75.6 cm³/mol. The number of nitrogens with zero attached hydrogens (tertiary/aromatic N) is 1. The summed E-state index contributed by atoms with van der Waals surface area (Å²) in [5.74, 6) is 2.13. The second-order valence-corrected chi connectivity index (χ2v) is 6.55. The van der Waals surface area contributed by atoms with Crippen molar-refractivity contribution >= 4 is 30.1 Å². The average Bonchev–Trinajstić information content (AvgIpc) is 2.76. The third-order valence-electron chi connectivity index (χ3n) is 3.83. The maximum absolute atomic E-state index is 12.4. The summed E-state index contributed by atoms with van der Waals surface area (Å²) in [4.78, 5) is 14.4. The van der Waals surface area contributed by atoms with E-state index in [2.05, 4.69) is 11.8 Å². The molecule has 1 aliphatic heterocycles. The number of amides is 1. The summed E-state index contributed by atoms with van der Waals surface area (Å²) in [6.45, 7) is 4.74. The number of hydrogen-bond acceptors (Lipinski definition) is 3. The Labute approximate surface area is 114 Å². The van der Waals surface area contributed by atoms with Crippen molar-refractivity contribution in [1.82, 2.24) is 4.90 Å². The Morgan fingerprint density at radius 1 is 1.47 bits per heavy atom. The first-order valence-corrected chi connectivity index (χ1v) is 7.37. The van der Waals surface area contributed by atoms with Crippen LogP contribution in [0.25, 0.3) is 0 Å². The van der Waals surface area contributed by atoms with E-state index in [1.165, 1.54) is 6.42 Å². The summed E-state index contributed by atoms with van der Waals surface area (Å²) in [6.07, 6.45) is 3.38. The molecule has 3 nitrogen and oxygen atoms in total. The lowest BCUT2D eigenvalue weighted by atomic mass is 9.94. The molecule has 2 aliphatic rings. The van der Waals surface area contributed by atoms with Crippen molar-refractivity contribution in [2.24, 2.45) is 17.6 Å². The molecule has 2 rings (SSSR count). The maximum Gasteiger partial charge on any atom is 0.226 e. The van der Waals surface area contributed by atoms with Crippen molar-refractivity contribution in [3.8, 4) is 0 Å². The van der Waals surface area contributed by atoms with E-state index < -0.39 is 0 Å². The van der Waals surface area contributed by atoms with Gasteiger partial charge in [-0.05, 0) is 25.3 Å². The Balaban J connectivity index is 0.00000144. The number of carbonyl (C=O) groups excluding carboxylic acids is 1. The summed E-state index contributed by atoms with van der Waals surface area (Å²) in [6, 6.07) is 0. The van der Waals surface area contributed by atoms with Gasteiger partial charge in [-0.15, -0.1) is 12.4 Å². The summed E-state index contributed by atoms with van der Waals surface area (Å²) in [7, 11) is 0. The number of halogens is 1. The average molecular weight is 279 g/mol. The summed E-state index contributed by atoms with van der Waals surface area (Å²) < 4.78 is 0. The monoisotopic (exact) mass is 278 g/mol. The van der Waals surface area contributed by atoms with Crippen molar-refractivity contribution in [3.63, 3.8) is 0 Å². The van der Waals surface area contributed by atoms with Gasteiger partial charge in [0.2, 0.25) is 5.91 Å². The third-order valence-corrected chi connectivity index (χ3v) is 4.97. The SMILES string of the molecule is CC1CN(C(=O)[C@@H]2CCC[C@@H]2CN)CCS1.Cl. The lowest BCUT2D eigenvalue weighted by Crippen LogP contribution is -2.45. The first-order chi connectivity index (χ1) is 7.72. The van der Waals surface area contributed by atoms with Crippen molar-refractivity contribution in [3.05, 3.63) is 0 Å². The second-order valence-electron chi connectivity index (χ2n) is 5.00. The molecule has 2 N–H and O–H groups in total. The quantitative estimate of drug-likeness (QED) is 0.837. The molecule has 1 saturated carbocycles. The molecule has 0 bridgehead atoms. The fourth-order valence-electron chi connectivity index (χ4n) is 2.90. The lowest BCUT2D eigenvalue weighted by Gasteiger charge is -2.33. The molecular formula is C12H23ClN2OS. The van der Waals surface area contributed by atoms with E-state index in [9.17, 15) is 4.79 Å². The van der Waals surface area contributed by atoms with Gasteiger partial charge < -0.3 is 10.6 Å². The van der Waals surface area contributed by atoms with Crippen LogP contribution in [0.4, 0.5) is 0 Å². The van der Waals surface area contributed by atoms with Gasteiger partial charge in [0.1, 0.15) is 0 Å². The standard InChI is InChI=1S/C12H22N2OS.ClH/c1-9-8-14(5-6-16-9)12(15)11-4-2-3-10(11)7-13;/h9-11H,2-8,13H2,1H3;1H/t9?,10-,11-;/m1./s1. The normalized spacial score (nSPS) is 33.3. The Morgan fingerprint density at radius 3 is 2.88 bits per heavy atom. The van der Waals surface area contributed by atoms with Crippen LogP contribution >= 0.6 is 24.2 Å². The molecule has 100 valence electrons. The van der Waals surface area contributed by atoms with E-state index in [1.807, 2.05) is 11.8 Å². The molecule has 1 unspecified atom stereocenters. The van der Waals surface area contributed by atoms with Crippen molar-refractivity contribution in [2.75, 3.05) is 25.4 Å². The van der Waals surface area contributed by atoms with Gasteiger partial charge in [0.15, 0.2) is 0 Å². The van der Waals surface area contributed by atoms with Crippen molar-refractivity contribution < 1.29 is 4.79 Å². The van der Waals surface area contributed by atoms with Crippen LogP contribution in [-0.4, -0.2) is 41.4 Å². The van der Waals surface area contributed by atoms with Gasteiger partial charge in [-0.25, -0.2) is 0 Å². The highest BCUT2D eigenvalue weighted by molar-refractivity contribution is 7.99. The van der Waals surface area contributed by atoms with Crippen LogP contribution in [0.5, 0.6) is 0 Å². The molecule has 0 aromatic carbocycles. The molecule has 0 aromatic heterocycles. The summed E-state index contributed by atoms with van der Waals surface area (Å²) in [5, 5.41) is 0.593. The van der Waals surface area contributed by atoms with Crippen LogP contribution in [0.3, 0.4) is 0 Å². The molecule has 3 atom stereocenters. The van der Waals surface area contributed by atoms with E-state index in [4.69, 9.17) is 5.73 Å². The fourth-order valence-corrected chi connectivity index (χ4v) is 3.91. The summed E-state index contributed by atoms with van der Waals surface area (Å²) in [5.41, 5.74) is 5.74. The Bertz CT molecular complexity index is 265. The third kappa shape index (κ3) is 3.52. The smallest absolute Gasteiger partial charge is 0.226 e. The van der Waals surface area contributed by atoms with Gasteiger partial charge in [-0.2, -0.15) is 11.8 Å². The fraction of sp³-hybridized carbons (Fsp3) is 0.917. The van der Waals surface area contributed by atoms with E-state index in [1.54, 1.807) is 0 Å². The first kappa shape index (κ1) is 15.1. The first-order valence-electron chi connectivity index (χ1n) is 6.33. The van der Waals surface area contributed by atoms with Gasteiger partial charge in [0.05, 0.1) is 0 Å². The zero-order valence-electron chi connectivity index (χ0n) is 10.4. The molecule has 1 amide bonds. The van der Waals surface area contributed by atoms with Crippen LogP contribution < -0.4 is 5.73 Å². The number of thioether (sulfide) groups is 1. The topological polar surface area (TPSA) is 46.3 Å². The highest BCUT2D eigenvalue weighted by Gasteiger charge is 2.35. The maximum atomic E-state index is 12.4. The molecule has 0 aromatic rings. The van der Waals surface area contributed by atoms with Gasteiger partial charge in [0.25, 0.3) is 0 Å². The Hall–Kier alpha value is 0.0700. The minimum atomic E-state index is 0. The summed E-state index contributed by atoms with van der Waals surface area (Å²) >= 11 is 1.97. The largest absolute Gasteiger partial charge is 0.341 e. The second kappa shape index (κ2) is 6.86. The van der Waals surface area contributed by atoms with Crippen molar-refractivity contribution in [2.45, 2.75) is 31.4 Å². The van der Waals surface area contributed by atoms with Gasteiger partial charge in [0, 0.05) is 30.0 Å². The minimum absolute atomic E-state index is 0. The van der Waals surface area contributed by atoms with Crippen molar-refractivity contribution in [1.29, 1.82) is 0 Å². The molecule has 1 heterocycles. The lowest BCUT2D eigenvalue weighted by molar-refractivity contribution is -0.136. The molecule has 2 fully saturated rings. The highest BCUT2D eigenvalue weighted by Crippen LogP contribution is 2.33. The van der Waals surface area contributed by atoms with Gasteiger partial charge in [-0.3, -0.25) is 4.79 Å². The van der Waals surface area contributed by atoms with Crippen LogP contribution in [0.2, 0.25) is 0 Å². The van der Waals surface area contributed by atoms with E-state index in [0.29, 0.717) is 23.6 Å². The van der Waals surface area contributed by atoms with E-state index >= 15 is 0 Å². The van der Waals surface area contributed by atoms with E-state index in [-0.39, 0.29) is 18.3 Å². The van der Waals surface area contributed by atoms with Crippen LogP contribution in [-0.2, 0) is 4.79 Å². The Morgan fingerprint density at radius 2 is 2.24 bits per heavy atom. The zero-order chi connectivity index (χ0) is 11.5. The number of nitrogens with two attached hydrogens (primary N) is 1. The van der Waals surface area contributed by atoms with Crippen LogP contribution in [0, 0.1) is 11.8 Å². The Kier molecular flexibility index (Phi) is 6.10. The molecule has 1 aliphatic carbocycles. The van der Waals surface area contributed by atoms with Gasteiger partial charge in [-0.1, -0.05) is 13.3 Å². The van der Waals surface area contributed by atoms with Crippen LogP contribution in [0.1, 0.15) is 26.2 Å². The number of rotatable bonds is 2. The zero-order valence-corrected chi connectivity index (χ0v) is 12.1. The number of carbonyl (C=O) groups is 1. The minimum Gasteiger partial charge on any atom is -0.341 e. The molecule has 1 saturated heterocycles. The molecule has 0 spiro atoms. The van der Waals surface area contributed by atoms with Crippen LogP contribution in [0.15, 0.2) is 0 Å². The highest BCUT2D eigenvalue weighted by atomic mass is 35.5. The van der Waals surface area contributed by atoms with Gasteiger partial charge >= 0.3 is 0 Å². The number of hydrogen-bond donors (Lipinski definition) is 1. The molecule has 5 heteroatoms.